The van der Waals surface area contributed by atoms with Gasteiger partial charge in [0.1, 0.15) is 0 Å². The number of amides is 2. The van der Waals surface area contributed by atoms with E-state index in [1.807, 2.05) is 6.92 Å². The molecule has 3 rings (SSSR count). The Morgan fingerprint density at radius 1 is 1.04 bits per heavy atom. The van der Waals surface area contributed by atoms with Crippen LogP contribution in [0.2, 0.25) is 0 Å². The lowest BCUT2D eigenvalue weighted by atomic mass is 10.0. The molecule has 0 bridgehead atoms. The average molecular weight is 310 g/mol. The highest BCUT2D eigenvalue weighted by molar-refractivity contribution is 6.21. The van der Waals surface area contributed by atoms with Gasteiger partial charge in [-0.15, -0.1) is 0 Å². The second-order valence-electron chi connectivity index (χ2n) is 5.30. The SMILES string of the molecule is CCC(c1cccc([N+](=O)[O-])c1)N1C(=O)c2ccccc2C1=O. The fraction of sp³-hybridized carbons (Fsp3) is 0.176. The van der Waals surface area contributed by atoms with Crippen LogP contribution >= 0.6 is 0 Å². The normalized spacial score (nSPS) is 14.7. The van der Waals surface area contributed by atoms with Crippen molar-refractivity contribution in [1.82, 2.24) is 4.90 Å². The van der Waals surface area contributed by atoms with Crippen molar-refractivity contribution in [3.05, 3.63) is 75.3 Å². The average Bonchev–Trinajstić information content (AvgIpc) is 2.82. The zero-order valence-electron chi connectivity index (χ0n) is 12.4. The molecule has 1 heterocycles. The van der Waals surface area contributed by atoms with E-state index in [-0.39, 0.29) is 17.5 Å². The number of benzene rings is 2. The topological polar surface area (TPSA) is 80.5 Å². The Kier molecular flexibility index (Phi) is 3.65. The van der Waals surface area contributed by atoms with Crippen LogP contribution in [0.5, 0.6) is 0 Å². The third-order valence-corrected chi connectivity index (χ3v) is 3.99. The quantitative estimate of drug-likeness (QED) is 0.493. The molecule has 1 atom stereocenters. The van der Waals surface area contributed by atoms with Gasteiger partial charge in [-0.25, -0.2) is 0 Å². The summed E-state index contributed by atoms with van der Waals surface area (Å²) in [5.74, 6) is -0.715. The van der Waals surface area contributed by atoms with Crippen molar-refractivity contribution in [2.24, 2.45) is 0 Å². The highest BCUT2D eigenvalue weighted by Crippen LogP contribution is 2.34. The van der Waals surface area contributed by atoms with E-state index in [0.29, 0.717) is 23.1 Å². The molecule has 6 nitrogen and oxygen atoms in total. The Morgan fingerprint density at radius 2 is 1.65 bits per heavy atom. The predicted octanol–water partition coefficient (Wildman–Crippen LogP) is 3.34. The van der Waals surface area contributed by atoms with Gasteiger partial charge in [-0.3, -0.25) is 24.6 Å². The number of nitro groups is 1. The second kappa shape index (κ2) is 5.64. The summed E-state index contributed by atoms with van der Waals surface area (Å²) in [6, 6.07) is 12.2. The number of rotatable bonds is 4. The number of nitro benzene ring substituents is 1. The minimum Gasteiger partial charge on any atom is -0.269 e. The van der Waals surface area contributed by atoms with Crippen LogP contribution in [0.1, 0.15) is 45.7 Å². The first-order chi connectivity index (χ1) is 11.0. The lowest BCUT2D eigenvalue weighted by Gasteiger charge is -2.25. The van der Waals surface area contributed by atoms with E-state index >= 15 is 0 Å². The number of imide groups is 1. The van der Waals surface area contributed by atoms with E-state index in [0.717, 1.165) is 0 Å². The monoisotopic (exact) mass is 310 g/mol. The Labute approximate surface area is 132 Å². The van der Waals surface area contributed by atoms with Gasteiger partial charge in [-0.2, -0.15) is 0 Å². The lowest BCUT2D eigenvalue weighted by Crippen LogP contribution is -2.33. The van der Waals surface area contributed by atoms with E-state index in [9.17, 15) is 19.7 Å². The van der Waals surface area contributed by atoms with Gasteiger partial charge < -0.3 is 0 Å². The van der Waals surface area contributed by atoms with Crippen LogP contribution in [0.3, 0.4) is 0 Å². The molecule has 116 valence electrons. The van der Waals surface area contributed by atoms with Crippen molar-refractivity contribution >= 4 is 17.5 Å². The number of hydrogen-bond donors (Lipinski definition) is 0. The van der Waals surface area contributed by atoms with Gasteiger partial charge in [0, 0.05) is 12.1 Å². The summed E-state index contributed by atoms with van der Waals surface area (Å²) in [5, 5.41) is 11.0. The van der Waals surface area contributed by atoms with Crippen LogP contribution in [0, 0.1) is 10.1 Å². The zero-order valence-corrected chi connectivity index (χ0v) is 12.4. The van der Waals surface area contributed by atoms with Crippen molar-refractivity contribution in [1.29, 1.82) is 0 Å². The van der Waals surface area contributed by atoms with Crippen molar-refractivity contribution in [3.63, 3.8) is 0 Å². The number of nitrogens with zero attached hydrogens (tertiary/aromatic N) is 2. The van der Waals surface area contributed by atoms with Crippen LogP contribution in [0.25, 0.3) is 0 Å². The summed E-state index contributed by atoms with van der Waals surface area (Å²) in [4.78, 5) is 36.8. The predicted molar refractivity (Wildman–Crippen MR) is 83.1 cm³/mol. The number of hydrogen-bond acceptors (Lipinski definition) is 4. The molecule has 0 N–H and O–H groups in total. The Balaban J connectivity index is 2.03. The lowest BCUT2D eigenvalue weighted by molar-refractivity contribution is -0.384. The summed E-state index contributed by atoms with van der Waals surface area (Å²) < 4.78 is 0. The third kappa shape index (κ3) is 2.38. The minimum absolute atomic E-state index is 0.0578. The van der Waals surface area contributed by atoms with E-state index in [2.05, 4.69) is 0 Å². The van der Waals surface area contributed by atoms with E-state index in [1.54, 1.807) is 36.4 Å². The standard InChI is InChI=1S/C17H14N2O4/c1-2-15(11-6-5-7-12(10-11)19(22)23)18-16(20)13-8-3-4-9-14(13)17(18)21/h3-10,15H,2H2,1H3. The maximum atomic E-state index is 12.6. The summed E-state index contributed by atoms with van der Waals surface area (Å²) in [7, 11) is 0. The summed E-state index contributed by atoms with van der Waals surface area (Å²) in [6.07, 6.45) is 0.479. The molecular formula is C17H14N2O4. The van der Waals surface area contributed by atoms with Crippen LogP contribution in [0.4, 0.5) is 5.69 Å². The maximum absolute atomic E-state index is 12.6. The number of carbonyl (C=O) groups is 2. The molecule has 0 radical (unpaired) electrons. The van der Waals surface area contributed by atoms with Crippen molar-refractivity contribution in [2.45, 2.75) is 19.4 Å². The fourth-order valence-corrected chi connectivity index (χ4v) is 2.90. The van der Waals surface area contributed by atoms with Crippen LogP contribution in [-0.4, -0.2) is 21.6 Å². The first-order valence-corrected chi connectivity index (χ1v) is 7.26. The molecule has 1 aliphatic heterocycles. The molecule has 2 amide bonds. The largest absolute Gasteiger partial charge is 0.269 e. The van der Waals surface area contributed by atoms with Crippen LogP contribution < -0.4 is 0 Å². The van der Waals surface area contributed by atoms with Gasteiger partial charge in [0.2, 0.25) is 0 Å². The number of carbonyl (C=O) groups excluding carboxylic acids is 2. The molecule has 0 aromatic heterocycles. The van der Waals surface area contributed by atoms with Crippen molar-refractivity contribution in [2.75, 3.05) is 0 Å². The fourth-order valence-electron chi connectivity index (χ4n) is 2.90. The highest BCUT2D eigenvalue weighted by atomic mass is 16.6. The van der Waals surface area contributed by atoms with Crippen LogP contribution in [-0.2, 0) is 0 Å². The molecule has 0 spiro atoms. The molecule has 2 aromatic carbocycles. The molecule has 0 saturated heterocycles. The van der Waals surface area contributed by atoms with E-state index in [4.69, 9.17) is 0 Å². The van der Waals surface area contributed by atoms with Crippen molar-refractivity contribution < 1.29 is 14.5 Å². The highest BCUT2D eigenvalue weighted by Gasteiger charge is 2.39. The van der Waals surface area contributed by atoms with E-state index < -0.39 is 11.0 Å². The minimum atomic E-state index is -0.526. The number of fused-ring (bicyclic) bond motifs is 1. The summed E-state index contributed by atoms with van der Waals surface area (Å²) >= 11 is 0. The Bertz CT molecular complexity index is 781. The number of non-ortho nitro benzene ring substituents is 1. The van der Waals surface area contributed by atoms with Gasteiger partial charge in [0.25, 0.3) is 17.5 Å². The Hall–Kier alpha value is -3.02. The molecule has 1 unspecified atom stereocenters. The summed E-state index contributed by atoms with van der Waals surface area (Å²) in [5.41, 5.74) is 1.27. The second-order valence-corrected chi connectivity index (χ2v) is 5.30. The summed E-state index contributed by atoms with van der Waals surface area (Å²) in [6.45, 7) is 1.84. The van der Waals surface area contributed by atoms with Gasteiger partial charge in [-0.1, -0.05) is 31.2 Å². The molecule has 0 aliphatic carbocycles. The molecule has 0 saturated carbocycles. The molecule has 1 aliphatic rings. The third-order valence-electron chi connectivity index (χ3n) is 3.99. The maximum Gasteiger partial charge on any atom is 0.269 e. The zero-order chi connectivity index (χ0) is 16.6. The Morgan fingerprint density at radius 3 is 2.17 bits per heavy atom. The van der Waals surface area contributed by atoms with Gasteiger partial charge in [0.15, 0.2) is 0 Å². The van der Waals surface area contributed by atoms with Crippen molar-refractivity contribution in [3.8, 4) is 0 Å². The molecule has 2 aromatic rings. The molecular weight excluding hydrogens is 296 g/mol. The van der Waals surface area contributed by atoms with Gasteiger partial charge >= 0.3 is 0 Å². The molecule has 0 fully saturated rings. The first-order valence-electron chi connectivity index (χ1n) is 7.26. The van der Waals surface area contributed by atoms with Crippen LogP contribution in [0.15, 0.2) is 48.5 Å². The molecule has 6 heteroatoms. The first kappa shape index (κ1) is 14.9. The molecule has 23 heavy (non-hydrogen) atoms. The van der Waals surface area contributed by atoms with E-state index in [1.165, 1.54) is 17.0 Å². The van der Waals surface area contributed by atoms with Gasteiger partial charge in [0.05, 0.1) is 22.1 Å². The van der Waals surface area contributed by atoms with Gasteiger partial charge in [-0.05, 0) is 24.1 Å². The smallest absolute Gasteiger partial charge is 0.269 e.